The quantitative estimate of drug-likeness (QED) is 0.301. The van der Waals surface area contributed by atoms with E-state index in [0.717, 1.165) is 6.07 Å². The fraction of sp³-hybridized carbons (Fsp3) is 0. The summed E-state index contributed by atoms with van der Waals surface area (Å²) in [4.78, 5) is 21.2. The molecule has 21 heavy (non-hydrogen) atoms. The molecular formula is C10H7N7O4. The van der Waals surface area contributed by atoms with Crippen molar-refractivity contribution in [3.05, 3.63) is 50.1 Å². The number of hydrogen-bond acceptors (Lipinski definition) is 8. The van der Waals surface area contributed by atoms with Gasteiger partial charge in [0, 0.05) is 6.07 Å². The molecule has 0 saturated heterocycles. The fourth-order valence-corrected chi connectivity index (χ4v) is 1.29. The van der Waals surface area contributed by atoms with Crippen LogP contribution in [0.4, 0.5) is 11.6 Å². The number of H-pyrrole nitrogens is 1. The van der Waals surface area contributed by atoms with Gasteiger partial charge in [0.15, 0.2) is 17.3 Å². The molecule has 0 bridgehead atoms. The number of rotatable bonds is 4. The van der Waals surface area contributed by atoms with Gasteiger partial charge in [-0.3, -0.25) is 20.3 Å². The molecule has 2 aromatic heterocycles. The van der Waals surface area contributed by atoms with Crippen LogP contribution in [0.2, 0.25) is 0 Å². The number of nitro groups is 1. The average molecular weight is 289 g/mol. The number of aromatic nitrogens is 2. The van der Waals surface area contributed by atoms with E-state index in [1.165, 1.54) is 12.1 Å². The summed E-state index contributed by atoms with van der Waals surface area (Å²) in [7, 11) is 0. The lowest BCUT2D eigenvalue weighted by Gasteiger charge is -2.00. The number of nitrogens with zero attached hydrogens (tertiary/aromatic N) is 4. The number of nitriles is 1. The summed E-state index contributed by atoms with van der Waals surface area (Å²) in [6.07, 6.45) is 0. The molecule has 0 aliphatic carbocycles. The summed E-state index contributed by atoms with van der Waals surface area (Å²) in [5.74, 6) is -0.741. The summed E-state index contributed by atoms with van der Waals surface area (Å²) in [5.41, 5.74) is 7.17. The van der Waals surface area contributed by atoms with Gasteiger partial charge in [-0.25, -0.2) is 5.10 Å². The SMILES string of the molecule is N#Cc1cc(NN=C(N)c2ccc([N+](=O)[O-])o2)c(=O)[nH]n1. The highest BCUT2D eigenvalue weighted by Crippen LogP contribution is 2.15. The van der Waals surface area contributed by atoms with Crippen molar-refractivity contribution in [2.45, 2.75) is 0 Å². The molecule has 0 spiro atoms. The third-order valence-corrected chi connectivity index (χ3v) is 2.24. The molecular weight excluding hydrogens is 282 g/mol. The summed E-state index contributed by atoms with van der Waals surface area (Å²) >= 11 is 0. The minimum atomic E-state index is -0.725. The number of hydrogen-bond donors (Lipinski definition) is 3. The van der Waals surface area contributed by atoms with Crippen LogP contribution >= 0.6 is 0 Å². The Morgan fingerprint density at radius 1 is 1.62 bits per heavy atom. The van der Waals surface area contributed by atoms with E-state index in [-0.39, 0.29) is 23.0 Å². The van der Waals surface area contributed by atoms with Crippen molar-refractivity contribution in [3.63, 3.8) is 0 Å². The molecule has 0 saturated carbocycles. The zero-order chi connectivity index (χ0) is 15.4. The first-order valence-corrected chi connectivity index (χ1v) is 5.35. The van der Waals surface area contributed by atoms with Crippen molar-refractivity contribution in [3.8, 4) is 6.07 Å². The molecule has 0 aliphatic heterocycles. The highest BCUT2D eigenvalue weighted by molar-refractivity contribution is 5.95. The Kier molecular flexibility index (Phi) is 3.62. The molecule has 0 aromatic carbocycles. The summed E-state index contributed by atoms with van der Waals surface area (Å²) in [5, 5.41) is 28.3. The predicted molar refractivity (Wildman–Crippen MR) is 69.3 cm³/mol. The van der Waals surface area contributed by atoms with Crippen molar-refractivity contribution in [2.24, 2.45) is 10.8 Å². The first-order chi connectivity index (χ1) is 10.0. The van der Waals surface area contributed by atoms with Crippen molar-refractivity contribution in [2.75, 3.05) is 5.43 Å². The maximum atomic E-state index is 11.4. The van der Waals surface area contributed by atoms with Crippen molar-refractivity contribution >= 4 is 17.4 Å². The molecule has 2 rings (SSSR count). The van der Waals surface area contributed by atoms with E-state index < -0.39 is 16.4 Å². The minimum Gasteiger partial charge on any atom is -0.397 e. The second-order valence-corrected chi connectivity index (χ2v) is 3.61. The van der Waals surface area contributed by atoms with Gasteiger partial charge in [-0.05, 0) is 6.07 Å². The Labute approximate surface area is 115 Å². The second kappa shape index (κ2) is 5.53. The third-order valence-electron chi connectivity index (χ3n) is 2.24. The zero-order valence-electron chi connectivity index (χ0n) is 10.2. The summed E-state index contributed by atoms with van der Waals surface area (Å²) in [6.45, 7) is 0. The first-order valence-electron chi connectivity index (χ1n) is 5.35. The lowest BCUT2D eigenvalue weighted by atomic mass is 10.4. The number of anilines is 1. The Bertz CT molecular complexity index is 813. The molecule has 0 aliphatic rings. The van der Waals surface area contributed by atoms with Gasteiger partial charge in [0.1, 0.15) is 16.7 Å². The molecule has 0 unspecified atom stereocenters. The summed E-state index contributed by atoms with van der Waals surface area (Å²) in [6, 6.07) is 5.28. The van der Waals surface area contributed by atoms with E-state index in [1.54, 1.807) is 6.07 Å². The van der Waals surface area contributed by atoms with Crippen LogP contribution in [0.15, 0.2) is 32.5 Å². The molecule has 0 fully saturated rings. The maximum absolute atomic E-state index is 11.4. The van der Waals surface area contributed by atoms with Crippen LogP contribution in [-0.4, -0.2) is 21.0 Å². The van der Waals surface area contributed by atoms with E-state index in [9.17, 15) is 14.9 Å². The molecule has 11 nitrogen and oxygen atoms in total. The predicted octanol–water partition coefficient (Wildman–Crippen LogP) is -0.125. The van der Waals surface area contributed by atoms with Crippen LogP contribution in [0.3, 0.4) is 0 Å². The number of nitrogens with one attached hydrogen (secondary N) is 2. The summed E-state index contributed by atoms with van der Waals surface area (Å²) < 4.78 is 4.82. The second-order valence-electron chi connectivity index (χ2n) is 3.61. The van der Waals surface area contributed by atoms with Gasteiger partial charge in [-0.1, -0.05) is 0 Å². The fourth-order valence-electron chi connectivity index (χ4n) is 1.29. The van der Waals surface area contributed by atoms with Crippen LogP contribution in [-0.2, 0) is 0 Å². The topological polar surface area (TPSA) is 176 Å². The smallest absolute Gasteiger partial charge is 0.397 e. The van der Waals surface area contributed by atoms with E-state index in [2.05, 4.69) is 20.7 Å². The number of aromatic amines is 1. The van der Waals surface area contributed by atoms with Gasteiger partial charge in [0.2, 0.25) is 0 Å². The van der Waals surface area contributed by atoms with Crippen molar-refractivity contribution < 1.29 is 9.34 Å². The number of furan rings is 1. The van der Waals surface area contributed by atoms with E-state index in [0.29, 0.717) is 0 Å². The molecule has 11 heteroatoms. The first kappa shape index (κ1) is 13.7. The molecule has 0 amide bonds. The van der Waals surface area contributed by atoms with E-state index in [4.69, 9.17) is 15.4 Å². The van der Waals surface area contributed by atoms with Gasteiger partial charge in [0.25, 0.3) is 5.56 Å². The van der Waals surface area contributed by atoms with Gasteiger partial charge >= 0.3 is 5.88 Å². The van der Waals surface area contributed by atoms with E-state index in [1.807, 2.05) is 0 Å². The highest BCUT2D eigenvalue weighted by atomic mass is 16.6. The lowest BCUT2D eigenvalue weighted by molar-refractivity contribution is -0.402. The van der Waals surface area contributed by atoms with Gasteiger partial charge < -0.3 is 10.2 Å². The zero-order valence-corrected chi connectivity index (χ0v) is 10.2. The maximum Gasteiger partial charge on any atom is 0.433 e. The largest absolute Gasteiger partial charge is 0.433 e. The highest BCUT2D eigenvalue weighted by Gasteiger charge is 2.14. The number of hydrazone groups is 1. The molecule has 4 N–H and O–H groups in total. The lowest BCUT2D eigenvalue weighted by Crippen LogP contribution is -2.18. The van der Waals surface area contributed by atoms with Gasteiger partial charge in [-0.2, -0.15) is 15.5 Å². The van der Waals surface area contributed by atoms with Gasteiger partial charge in [0.05, 0.1) is 6.07 Å². The van der Waals surface area contributed by atoms with E-state index >= 15 is 0 Å². The Hall–Kier alpha value is -3.68. The van der Waals surface area contributed by atoms with Gasteiger partial charge in [-0.15, -0.1) is 0 Å². The average Bonchev–Trinajstić information content (AvgIpc) is 2.96. The number of amidine groups is 1. The molecule has 2 aromatic rings. The van der Waals surface area contributed by atoms with Crippen LogP contribution < -0.4 is 16.7 Å². The van der Waals surface area contributed by atoms with Crippen molar-refractivity contribution in [1.82, 2.24) is 10.2 Å². The van der Waals surface area contributed by atoms with Crippen LogP contribution in [0.1, 0.15) is 11.5 Å². The number of nitrogens with two attached hydrogens (primary N) is 1. The Morgan fingerprint density at radius 2 is 2.38 bits per heavy atom. The Balaban J connectivity index is 2.22. The minimum absolute atomic E-state index is 0.0282. The molecule has 0 radical (unpaired) electrons. The standard InChI is InChI=1S/C10H7N7O4/c11-4-5-3-6(10(18)16-13-5)14-15-9(12)7-1-2-8(21-7)17(19)20/h1-3H,(H2,12,15)(H,13,14)(H,16,18). The van der Waals surface area contributed by atoms with Crippen LogP contribution in [0.5, 0.6) is 0 Å². The third kappa shape index (κ3) is 3.01. The van der Waals surface area contributed by atoms with Crippen molar-refractivity contribution in [1.29, 1.82) is 5.26 Å². The monoisotopic (exact) mass is 289 g/mol. The molecule has 106 valence electrons. The van der Waals surface area contributed by atoms with Crippen LogP contribution in [0, 0.1) is 21.4 Å². The Morgan fingerprint density at radius 3 is 3.00 bits per heavy atom. The normalized spacial score (nSPS) is 10.9. The molecule has 0 atom stereocenters. The molecule has 2 heterocycles. The van der Waals surface area contributed by atoms with Crippen LogP contribution in [0.25, 0.3) is 0 Å².